The highest BCUT2D eigenvalue weighted by Crippen LogP contribution is 2.21. The molecule has 1 N–H and O–H groups in total. The molecule has 0 radical (unpaired) electrons. The number of nitrogens with zero attached hydrogens (tertiary/aromatic N) is 1. The highest BCUT2D eigenvalue weighted by molar-refractivity contribution is 6.33. The van der Waals surface area contributed by atoms with Gasteiger partial charge in [-0.3, -0.25) is 4.79 Å². The maximum Gasteiger partial charge on any atom is 0.277 e. The van der Waals surface area contributed by atoms with Crippen LogP contribution in [0, 0.1) is 0 Å². The summed E-state index contributed by atoms with van der Waals surface area (Å²) >= 11 is 6.01. The number of rotatable bonds is 6. The van der Waals surface area contributed by atoms with E-state index in [1.807, 2.05) is 72.8 Å². The molecule has 3 rings (SSSR count). The van der Waals surface area contributed by atoms with Crippen molar-refractivity contribution in [3.8, 4) is 16.9 Å². The fraction of sp³-hybridized carbons (Fsp3) is 0.0476. The zero-order chi connectivity index (χ0) is 18.2. The topological polar surface area (TPSA) is 50.7 Å². The Morgan fingerprint density at radius 2 is 1.58 bits per heavy atom. The Morgan fingerprint density at radius 1 is 0.923 bits per heavy atom. The van der Waals surface area contributed by atoms with Gasteiger partial charge in [-0.1, -0.05) is 72.3 Å². The van der Waals surface area contributed by atoms with Gasteiger partial charge in [0.1, 0.15) is 5.75 Å². The fourth-order valence-electron chi connectivity index (χ4n) is 2.31. The molecule has 1 amide bonds. The molecule has 0 fully saturated rings. The van der Waals surface area contributed by atoms with E-state index in [2.05, 4.69) is 10.5 Å². The molecule has 0 unspecified atom stereocenters. The number of ether oxygens (including phenoxy) is 1. The van der Waals surface area contributed by atoms with Gasteiger partial charge in [0, 0.05) is 10.6 Å². The Morgan fingerprint density at radius 3 is 2.31 bits per heavy atom. The first-order chi connectivity index (χ1) is 12.7. The molecule has 0 aromatic heterocycles. The van der Waals surface area contributed by atoms with Crippen molar-refractivity contribution in [3.05, 3.63) is 89.4 Å². The van der Waals surface area contributed by atoms with Crippen LogP contribution in [0.2, 0.25) is 5.02 Å². The first-order valence-electron chi connectivity index (χ1n) is 8.07. The molecule has 0 spiro atoms. The molecular weight excluding hydrogens is 348 g/mol. The van der Waals surface area contributed by atoms with Crippen molar-refractivity contribution < 1.29 is 9.53 Å². The lowest BCUT2D eigenvalue weighted by Crippen LogP contribution is -2.24. The minimum atomic E-state index is -0.347. The minimum Gasteiger partial charge on any atom is -0.484 e. The van der Waals surface area contributed by atoms with Crippen LogP contribution in [-0.2, 0) is 4.79 Å². The molecule has 0 heterocycles. The first-order valence-corrected chi connectivity index (χ1v) is 8.45. The maximum atomic E-state index is 11.8. The summed E-state index contributed by atoms with van der Waals surface area (Å²) in [6, 6.07) is 24.9. The minimum absolute atomic E-state index is 0.120. The van der Waals surface area contributed by atoms with Crippen molar-refractivity contribution >= 4 is 23.7 Å². The molecule has 0 atom stereocenters. The second-order valence-corrected chi connectivity index (χ2v) is 5.90. The summed E-state index contributed by atoms with van der Waals surface area (Å²) in [5.74, 6) is 0.273. The third-order valence-electron chi connectivity index (χ3n) is 3.63. The normalized spacial score (nSPS) is 10.7. The van der Waals surface area contributed by atoms with Crippen LogP contribution in [0.15, 0.2) is 84.0 Å². The van der Waals surface area contributed by atoms with E-state index in [1.165, 1.54) is 6.21 Å². The molecule has 4 nitrogen and oxygen atoms in total. The molecule has 5 heteroatoms. The van der Waals surface area contributed by atoms with Crippen LogP contribution in [0.25, 0.3) is 11.1 Å². The zero-order valence-corrected chi connectivity index (χ0v) is 14.7. The van der Waals surface area contributed by atoms with Gasteiger partial charge < -0.3 is 4.74 Å². The average Bonchev–Trinajstić information content (AvgIpc) is 2.69. The molecule has 0 saturated heterocycles. The van der Waals surface area contributed by atoms with Crippen LogP contribution in [-0.4, -0.2) is 18.7 Å². The Bertz CT molecular complexity index is 893. The van der Waals surface area contributed by atoms with E-state index in [0.717, 1.165) is 16.7 Å². The van der Waals surface area contributed by atoms with Crippen LogP contribution >= 0.6 is 11.6 Å². The standard InChI is InChI=1S/C21H17ClN2O2/c22-20-9-5-4-8-18(20)14-23-24-21(25)15-26-19-12-10-17(11-13-19)16-6-2-1-3-7-16/h1-14H,15H2,(H,24,25)/b23-14-. The van der Waals surface area contributed by atoms with Gasteiger partial charge in [-0.15, -0.1) is 0 Å². The van der Waals surface area contributed by atoms with Crippen molar-refractivity contribution in [1.82, 2.24) is 5.43 Å². The van der Waals surface area contributed by atoms with Crippen molar-refractivity contribution in [2.45, 2.75) is 0 Å². The van der Waals surface area contributed by atoms with E-state index in [9.17, 15) is 4.79 Å². The molecular formula is C21H17ClN2O2. The summed E-state index contributed by atoms with van der Waals surface area (Å²) < 4.78 is 5.47. The van der Waals surface area contributed by atoms with Crippen molar-refractivity contribution in [2.75, 3.05) is 6.61 Å². The van der Waals surface area contributed by atoms with Gasteiger partial charge in [0.25, 0.3) is 5.91 Å². The lowest BCUT2D eigenvalue weighted by atomic mass is 10.1. The molecule has 0 aliphatic carbocycles. The number of amides is 1. The lowest BCUT2D eigenvalue weighted by Gasteiger charge is -2.06. The van der Waals surface area contributed by atoms with Crippen molar-refractivity contribution in [3.63, 3.8) is 0 Å². The van der Waals surface area contributed by atoms with Crippen LogP contribution in [0.1, 0.15) is 5.56 Å². The predicted octanol–water partition coefficient (Wildman–Crippen LogP) is 4.54. The highest BCUT2D eigenvalue weighted by Gasteiger charge is 2.03. The van der Waals surface area contributed by atoms with E-state index >= 15 is 0 Å². The van der Waals surface area contributed by atoms with E-state index < -0.39 is 0 Å². The maximum absolute atomic E-state index is 11.8. The van der Waals surface area contributed by atoms with Gasteiger partial charge in [0.05, 0.1) is 6.21 Å². The Hall–Kier alpha value is -3.11. The molecule has 3 aromatic carbocycles. The number of halogens is 1. The van der Waals surface area contributed by atoms with Crippen LogP contribution in [0.3, 0.4) is 0 Å². The number of nitrogens with one attached hydrogen (secondary N) is 1. The van der Waals surface area contributed by atoms with Gasteiger partial charge in [-0.2, -0.15) is 5.10 Å². The zero-order valence-electron chi connectivity index (χ0n) is 13.9. The molecule has 0 aliphatic rings. The molecule has 26 heavy (non-hydrogen) atoms. The van der Waals surface area contributed by atoms with Gasteiger partial charge in [0.2, 0.25) is 0 Å². The molecule has 0 aliphatic heterocycles. The summed E-state index contributed by atoms with van der Waals surface area (Å²) in [6.45, 7) is -0.120. The Labute approximate surface area is 157 Å². The number of carbonyl (C=O) groups is 1. The third-order valence-corrected chi connectivity index (χ3v) is 3.97. The Kier molecular flexibility index (Phi) is 6.01. The van der Waals surface area contributed by atoms with E-state index in [0.29, 0.717) is 10.8 Å². The smallest absolute Gasteiger partial charge is 0.277 e. The number of hydrogen-bond acceptors (Lipinski definition) is 3. The van der Waals surface area contributed by atoms with Crippen LogP contribution in [0.5, 0.6) is 5.75 Å². The number of carbonyl (C=O) groups excluding carboxylic acids is 1. The fourth-order valence-corrected chi connectivity index (χ4v) is 2.49. The van der Waals surface area contributed by atoms with Gasteiger partial charge in [-0.25, -0.2) is 5.43 Å². The summed E-state index contributed by atoms with van der Waals surface area (Å²) in [6.07, 6.45) is 1.49. The lowest BCUT2D eigenvalue weighted by molar-refractivity contribution is -0.123. The first kappa shape index (κ1) is 17.7. The summed E-state index contributed by atoms with van der Waals surface area (Å²) in [4.78, 5) is 11.8. The van der Waals surface area contributed by atoms with E-state index in [-0.39, 0.29) is 12.5 Å². The molecule has 130 valence electrons. The highest BCUT2D eigenvalue weighted by atomic mass is 35.5. The van der Waals surface area contributed by atoms with Gasteiger partial charge in [0.15, 0.2) is 6.61 Å². The van der Waals surface area contributed by atoms with E-state index in [4.69, 9.17) is 16.3 Å². The quantitative estimate of drug-likeness (QED) is 0.516. The monoisotopic (exact) mass is 364 g/mol. The number of hydrazone groups is 1. The Balaban J connectivity index is 1.49. The summed E-state index contributed by atoms with van der Waals surface area (Å²) in [5, 5.41) is 4.45. The van der Waals surface area contributed by atoms with Crippen molar-refractivity contribution in [2.24, 2.45) is 5.10 Å². The van der Waals surface area contributed by atoms with Crippen molar-refractivity contribution in [1.29, 1.82) is 0 Å². The third kappa shape index (κ3) is 4.94. The molecule has 0 bridgehead atoms. The van der Waals surface area contributed by atoms with Crippen LogP contribution < -0.4 is 10.2 Å². The molecule has 3 aromatic rings. The largest absolute Gasteiger partial charge is 0.484 e. The summed E-state index contributed by atoms with van der Waals surface area (Å²) in [7, 11) is 0. The average molecular weight is 365 g/mol. The molecule has 0 saturated carbocycles. The predicted molar refractivity (Wildman–Crippen MR) is 105 cm³/mol. The van der Waals surface area contributed by atoms with E-state index in [1.54, 1.807) is 6.07 Å². The summed E-state index contributed by atoms with van der Waals surface area (Å²) in [5.41, 5.74) is 5.36. The SMILES string of the molecule is O=C(COc1ccc(-c2ccccc2)cc1)N/N=C\c1ccccc1Cl. The number of hydrogen-bond donors (Lipinski definition) is 1. The van der Waals surface area contributed by atoms with Gasteiger partial charge >= 0.3 is 0 Å². The van der Waals surface area contributed by atoms with Gasteiger partial charge in [-0.05, 0) is 29.3 Å². The van der Waals surface area contributed by atoms with Crippen LogP contribution in [0.4, 0.5) is 0 Å². The number of benzene rings is 3. The second-order valence-electron chi connectivity index (χ2n) is 5.49. The second kappa shape index (κ2) is 8.83.